The first-order valence-corrected chi connectivity index (χ1v) is 12.1. The first-order chi connectivity index (χ1) is 13.7. The number of hydrogen-bond acceptors (Lipinski definition) is 6. The highest BCUT2D eigenvalue weighted by Gasteiger charge is 2.28. The van der Waals surface area contributed by atoms with Crippen LogP contribution in [-0.2, 0) is 11.8 Å². The molecule has 0 saturated carbocycles. The Morgan fingerprint density at radius 1 is 0.929 bits per heavy atom. The fraction of sp³-hybridized carbons (Fsp3) is 0.810. The van der Waals surface area contributed by atoms with Crippen LogP contribution in [0.4, 0.5) is 0 Å². The van der Waals surface area contributed by atoms with Crippen LogP contribution in [0.15, 0.2) is 11.4 Å². The van der Waals surface area contributed by atoms with Gasteiger partial charge in [-0.05, 0) is 50.9 Å². The summed E-state index contributed by atoms with van der Waals surface area (Å²) in [6, 6.07) is 4.99. The molecule has 3 aliphatic rings. The molecule has 154 valence electrons. The van der Waals surface area contributed by atoms with Gasteiger partial charge in [0.2, 0.25) is 0 Å². The smallest absolute Gasteiger partial charge is 0.169 e. The molecule has 0 radical (unpaired) electrons. The molecule has 28 heavy (non-hydrogen) atoms. The second-order valence-corrected chi connectivity index (χ2v) is 9.48. The van der Waals surface area contributed by atoms with Crippen molar-refractivity contribution in [2.24, 2.45) is 0 Å². The number of nitriles is 2. The zero-order valence-electron chi connectivity index (χ0n) is 17.3. The summed E-state index contributed by atoms with van der Waals surface area (Å²) in [6.07, 6.45) is 4.82. The van der Waals surface area contributed by atoms with Crippen LogP contribution < -0.4 is 0 Å². The Bertz CT molecular complexity index is 599. The number of likely N-dealkylation sites (tertiary alicyclic amines) is 1. The lowest BCUT2D eigenvalue weighted by Crippen LogP contribution is -2.37. The van der Waals surface area contributed by atoms with Crippen LogP contribution in [0.5, 0.6) is 0 Å². The van der Waals surface area contributed by atoms with Crippen molar-refractivity contribution < 1.29 is 0 Å². The largest absolute Gasteiger partial charge is 0.355 e. The molecule has 7 heteroatoms. The van der Waals surface area contributed by atoms with Gasteiger partial charge in [-0.3, -0.25) is 4.90 Å². The Morgan fingerprint density at radius 2 is 1.57 bits per heavy atom. The minimum absolute atomic E-state index is 0.281. The van der Waals surface area contributed by atoms with E-state index >= 15 is 0 Å². The highest BCUT2D eigenvalue weighted by molar-refractivity contribution is 7.78. The van der Waals surface area contributed by atoms with E-state index in [-0.39, 0.29) is 5.57 Å². The maximum Gasteiger partial charge on any atom is 0.169 e. The minimum Gasteiger partial charge on any atom is -0.355 e. The molecule has 1 atom stereocenters. The number of nitrogens with zero attached hydrogens (tertiary/aromatic N) is 6. The number of thiol groups is 1. The molecular formula is C21H35N6S+. The van der Waals surface area contributed by atoms with Gasteiger partial charge < -0.3 is 14.7 Å². The molecule has 0 spiro atoms. The van der Waals surface area contributed by atoms with E-state index in [0.29, 0.717) is 6.04 Å². The molecule has 3 saturated heterocycles. The van der Waals surface area contributed by atoms with Gasteiger partial charge >= 0.3 is 0 Å². The van der Waals surface area contributed by atoms with Crippen molar-refractivity contribution in [2.75, 3.05) is 70.4 Å². The highest BCUT2D eigenvalue weighted by atomic mass is 32.2. The number of hydrogen-bond donors (Lipinski definition) is 0. The van der Waals surface area contributed by atoms with Gasteiger partial charge in [0.1, 0.15) is 29.5 Å². The molecular weight excluding hydrogens is 368 g/mol. The van der Waals surface area contributed by atoms with Gasteiger partial charge in [0, 0.05) is 58.4 Å². The van der Waals surface area contributed by atoms with Crippen LogP contribution >= 0.6 is 0 Å². The molecule has 3 heterocycles. The van der Waals surface area contributed by atoms with Crippen LogP contribution in [-0.4, -0.2) is 96.0 Å². The van der Waals surface area contributed by atoms with E-state index in [4.69, 9.17) is 0 Å². The quantitative estimate of drug-likeness (QED) is 0.345. The monoisotopic (exact) mass is 403 g/mol. The summed E-state index contributed by atoms with van der Waals surface area (Å²) >= 11 is 1.59. The van der Waals surface area contributed by atoms with Gasteiger partial charge in [-0.2, -0.15) is 10.5 Å². The minimum atomic E-state index is 0.281. The summed E-state index contributed by atoms with van der Waals surface area (Å²) in [5, 5.41) is 19.0. The average molecular weight is 404 g/mol. The van der Waals surface area contributed by atoms with Crippen molar-refractivity contribution in [3.8, 4) is 12.1 Å². The summed E-state index contributed by atoms with van der Waals surface area (Å²) in [6.45, 7) is 12.0. The predicted molar refractivity (Wildman–Crippen MR) is 116 cm³/mol. The van der Waals surface area contributed by atoms with E-state index in [1.807, 2.05) is 0 Å². The van der Waals surface area contributed by atoms with Gasteiger partial charge in [-0.15, -0.1) is 0 Å². The Balaban J connectivity index is 1.51. The lowest BCUT2D eigenvalue weighted by atomic mass is 10.2. The molecule has 3 aliphatic heterocycles. The van der Waals surface area contributed by atoms with E-state index in [2.05, 4.69) is 38.7 Å². The molecule has 3 rings (SSSR count). The average Bonchev–Trinajstić information content (AvgIpc) is 3.31. The van der Waals surface area contributed by atoms with E-state index in [9.17, 15) is 10.5 Å². The van der Waals surface area contributed by atoms with Gasteiger partial charge in [-0.1, -0.05) is 0 Å². The molecule has 0 aromatic rings. The first-order valence-electron chi connectivity index (χ1n) is 10.9. The molecule has 6 nitrogen and oxygen atoms in total. The first kappa shape index (κ1) is 21.3. The topological polar surface area (TPSA) is 60.5 Å². The van der Waals surface area contributed by atoms with E-state index in [1.54, 1.807) is 11.8 Å². The summed E-state index contributed by atoms with van der Waals surface area (Å²) in [7, 11) is 0. The van der Waals surface area contributed by atoms with Crippen molar-refractivity contribution >= 4 is 11.8 Å². The number of rotatable bonds is 8. The standard InChI is InChI=1S/C21H34N6S/c1-19-5-2-7-25(19)8-4-10-27-12-11-26(21(27)20(17-22)18-23)9-3-6-24-13-15-28-16-14-24/h19H,2-16H2,1H3/p+1/t19-/m0/s1. The van der Waals surface area contributed by atoms with Gasteiger partial charge in [0.25, 0.3) is 0 Å². The fourth-order valence-corrected chi connectivity index (χ4v) is 5.75. The van der Waals surface area contributed by atoms with Crippen molar-refractivity contribution in [3.63, 3.8) is 0 Å². The van der Waals surface area contributed by atoms with Crippen LogP contribution in [0.3, 0.4) is 0 Å². The Kier molecular flexibility index (Phi) is 8.33. The SMILES string of the molecule is C[C@H]1CCCN1CCCN1CCN(CCCN2CC[SH+]CC2)C1=C(C#N)C#N. The Morgan fingerprint density at radius 3 is 2.14 bits per heavy atom. The predicted octanol–water partition coefficient (Wildman–Crippen LogP) is 1.26. The lowest BCUT2D eigenvalue weighted by Gasteiger charge is -2.28. The second kappa shape index (κ2) is 11.0. The maximum absolute atomic E-state index is 9.48. The van der Waals surface area contributed by atoms with Gasteiger partial charge in [0.15, 0.2) is 5.57 Å². The third kappa shape index (κ3) is 5.56. The number of allylic oxidation sites excluding steroid dienone is 1. The molecule has 0 aromatic carbocycles. The van der Waals surface area contributed by atoms with E-state index in [1.165, 1.54) is 44.0 Å². The third-order valence-electron chi connectivity index (χ3n) is 6.30. The van der Waals surface area contributed by atoms with Crippen molar-refractivity contribution in [1.82, 2.24) is 19.6 Å². The van der Waals surface area contributed by atoms with E-state index < -0.39 is 0 Å². The second-order valence-electron chi connectivity index (χ2n) is 8.14. The zero-order chi connectivity index (χ0) is 19.8. The van der Waals surface area contributed by atoms with Crippen LogP contribution in [0.2, 0.25) is 0 Å². The van der Waals surface area contributed by atoms with Crippen LogP contribution in [0, 0.1) is 22.7 Å². The van der Waals surface area contributed by atoms with Gasteiger partial charge in [0.05, 0.1) is 0 Å². The summed E-state index contributed by atoms with van der Waals surface area (Å²) in [5.74, 6) is 3.48. The molecule has 0 aliphatic carbocycles. The van der Waals surface area contributed by atoms with Crippen LogP contribution in [0.1, 0.15) is 32.6 Å². The zero-order valence-corrected chi connectivity index (χ0v) is 18.2. The van der Waals surface area contributed by atoms with E-state index in [0.717, 1.165) is 57.9 Å². The Labute approximate surface area is 174 Å². The molecule has 0 aromatic heterocycles. The molecule has 0 bridgehead atoms. The normalized spacial score (nSPS) is 23.8. The van der Waals surface area contributed by atoms with Crippen molar-refractivity contribution in [1.29, 1.82) is 10.5 Å². The summed E-state index contributed by atoms with van der Waals surface area (Å²) < 4.78 is 0. The van der Waals surface area contributed by atoms with Crippen LogP contribution in [0.25, 0.3) is 0 Å². The molecule has 0 N–H and O–H groups in total. The van der Waals surface area contributed by atoms with Crippen molar-refractivity contribution in [2.45, 2.75) is 38.6 Å². The molecule has 0 unspecified atom stereocenters. The third-order valence-corrected chi connectivity index (χ3v) is 7.33. The summed E-state index contributed by atoms with van der Waals surface area (Å²) in [5.41, 5.74) is 0.281. The summed E-state index contributed by atoms with van der Waals surface area (Å²) in [4.78, 5) is 9.69. The lowest BCUT2D eigenvalue weighted by molar-refractivity contribution is 0.243. The fourth-order valence-electron chi connectivity index (χ4n) is 4.68. The molecule has 0 amide bonds. The van der Waals surface area contributed by atoms with Crippen molar-refractivity contribution in [3.05, 3.63) is 11.4 Å². The Hall–Kier alpha value is -1.41. The maximum atomic E-state index is 9.48. The van der Waals surface area contributed by atoms with Gasteiger partial charge in [-0.25, -0.2) is 0 Å². The highest BCUT2D eigenvalue weighted by Crippen LogP contribution is 2.23. The molecule has 3 fully saturated rings.